The zero-order valence-electron chi connectivity index (χ0n) is 36.5. The number of hydrogen-bond donors (Lipinski definition) is 4. The highest BCUT2D eigenvalue weighted by Gasteiger charge is 2.46. The lowest BCUT2D eigenvalue weighted by atomic mass is 10.00. The topological polar surface area (TPSA) is 186 Å². The minimum atomic E-state index is -4.61. The van der Waals surface area contributed by atoms with E-state index in [0.717, 1.165) is 64.2 Å². The molecule has 1 aliphatic heterocycles. The SMILES string of the molecule is CC/C=C/C/C=C/C/C=C/C/C=C/C/C=C/CCCC(=O)OC[C@H](CO[C@H]1O[C@H](CS(=O)(=O)O)[C@@H](O)C(O)C1O)OC(=O)CCCCCCCCCCC/C=C/CCCC. The molecule has 1 fully saturated rings. The number of esters is 2. The zero-order chi connectivity index (χ0) is 44.1. The van der Waals surface area contributed by atoms with Crippen molar-refractivity contribution in [3.05, 3.63) is 72.9 Å². The molecular formula is C47H78O12S. The molecule has 13 heteroatoms. The summed E-state index contributed by atoms with van der Waals surface area (Å²) in [5.41, 5.74) is 0. The maximum atomic E-state index is 12.8. The van der Waals surface area contributed by atoms with Crippen molar-refractivity contribution in [1.29, 1.82) is 0 Å². The quantitative estimate of drug-likeness (QED) is 0.0203. The molecule has 1 heterocycles. The van der Waals surface area contributed by atoms with Gasteiger partial charge in [0.05, 0.1) is 6.61 Å². The van der Waals surface area contributed by atoms with Crippen molar-refractivity contribution in [1.82, 2.24) is 0 Å². The van der Waals surface area contributed by atoms with Crippen LogP contribution in [0.15, 0.2) is 72.9 Å². The summed E-state index contributed by atoms with van der Waals surface area (Å²) in [4.78, 5) is 25.4. The third kappa shape index (κ3) is 31.0. The molecule has 0 aliphatic carbocycles. The molecule has 4 N–H and O–H groups in total. The van der Waals surface area contributed by atoms with Crippen LogP contribution in [0.25, 0.3) is 0 Å². The van der Waals surface area contributed by atoms with Crippen LogP contribution in [-0.2, 0) is 38.7 Å². The first-order chi connectivity index (χ1) is 29.0. The second-order valence-electron chi connectivity index (χ2n) is 15.3. The first-order valence-corrected chi connectivity index (χ1v) is 24.1. The van der Waals surface area contributed by atoms with Gasteiger partial charge < -0.3 is 34.3 Å². The Bertz CT molecular complexity index is 1390. The van der Waals surface area contributed by atoms with Crippen LogP contribution in [0, 0.1) is 0 Å². The van der Waals surface area contributed by atoms with E-state index in [9.17, 15) is 37.9 Å². The van der Waals surface area contributed by atoms with Gasteiger partial charge in [-0.05, 0) is 70.6 Å². The Labute approximate surface area is 361 Å². The molecule has 0 aromatic carbocycles. The number of rotatable bonds is 36. The molecule has 6 atom stereocenters. The van der Waals surface area contributed by atoms with Gasteiger partial charge in [-0.3, -0.25) is 14.1 Å². The van der Waals surface area contributed by atoms with E-state index < -0.39 is 71.2 Å². The average molecular weight is 867 g/mol. The highest BCUT2D eigenvalue weighted by molar-refractivity contribution is 7.85. The monoisotopic (exact) mass is 867 g/mol. The van der Waals surface area contributed by atoms with Gasteiger partial charge in [0.2, 0.25) is 0 Å². The van der Waals surface area contributed by atoms with Gasteiger partial charge >= 0.3 is 11.9 Å². The lowest BCUT2D eigenvalue weighted by molar-refractivity contribution is -0.297. The molecule has 0 amide bonds. The van der Waals surface area contributed by atoms with E-state index in [2.05, 4.69) is 74.6 Å². The molecule has 60 heavy (non-hydrogen) atoms. The molecule has 0 radical (unpaired) electrons. The predicted octanol–water partition coefficient (Wildman–Crippen LogP) is 9.11. The number of carbonyl (C=O) groups is 2. The number of unbranched alkanes of at least 4 members (excludes halogenated alkanes) is 12. The Morgan fingerprint density at radius 2 is 1.07 bits per heavy atom. The van der Waals surface area contributed by atoms with Crippen molar-refractivity contribution in [2.75, 3.05) is 19.0 Å². The van der Waals surface area contributed by atoms with Crippen LogP contribution >= 0.6 is 0 Å². The minimum absolute atomic E-state index is 0.137. The average Bonchev–Trinajstić information content (AvgIpc) is 3.21. The van der Waals surface area contributed by atoms with E-state index in [0.29, 0.717) is 19.3 Å². The molecule has 0 bridgehead atoms. The molecular weight excluding hydrogens is 789 g/mol. The Morgan fingerprint density at radius 3 is 1.63 bits per heavy atom. The van der Waals surface area contributed by atoms with E-state index in [1.807, 2.05) is 12.2 Å². The van der Waals surface area contributed by atoms with Gasteiger partial charge in [0.15, 0.2) is 12.4 Å². The fraction of sp³-hybridized carbons (Fsp3) is 0.702. The summed E-state index contributed by atoms with van der Waals surface area (Å²) in [6, 6.07) is 0. The number of carbonyl (C=O) groups excluding carboxylic acids is 2. The Kier molecular flexibility index (Phi) is 33.7. The normalized spacial score (nSPS) is 20.8. The van der Waals surface area contributed by atoms with Crippen molar-refractivity contribution in [2.24, 2.45) is 0 Å². The van der Waals surface area contributed by atoms with Crippen LogP contribution in [0.2, 0.25) is 0 Å². The highest BCUT2D eigenvalue weighted by Crippen LogP contribution is 2.24. The Hall–Kier alpha value is -2.91. The summed E-state index contributed by atoms with van der Waals surface area (Å²) < 4.78 is 54.0. The fourth-order valence-electron chi connectivity index (χ4n) is 6.28. The molecule has 0 aromatic rings. The van der Waals surface area contributed by atoms with Crippen molar-refractivity contribution >= 4 is 22.1 Å². The minimum Gasteiger partial charge on any atom is -0.462 e. The van der Waals surface area contributed by atoms with Gasteiger partial charge in [-0.1, -0.05) is 145 Å². The summed E-state index contributed by atoms with van der Waals surface area (Å²) in [5.74, 6) is -2.07. The van der Waals surface area contributed by atoms with E-state index in [4.69, 9.17) is 18.9 Å². The number of ether oxygens (including phenoxy) is 4. The lowest BCUT2D eigenvalue weighted by Gasteiger charge is -2.40. The van der Waals surface area contributed by atoms with Crippen LogP contribution in [0.4, 0.5) is 0 Å². The maximum Gasteiger partial charge on any atom is 0.306 e. The van der Waals surface area contributed by atoms with E-state index in [1.54, 1.807) is 0 Å². The largest absolute Gasteiger partial charge is 0.462 e. The van der Waals surface area contributed by atoms with Crippen LogP contribution in [-0.4, -0.2) is 96.0 Å². The molecule has 1 rings (SSSR count). The molecule has 0 aromatic heterocycles. The summed E-state index contributed by atoms with van der Waals surface area (Å²) >= 11 is 0. The maximum absolute atomic E-state index is 12.8. The molecule has 12 nitrogen and oxygen atoms in total. The van der Waals surface area contributed by atoms with Gasteiger partial charge in [-0.25, -0.2) is 0 Å². The predicted molar refractivity (Wildman–Crippen MR) is 238 cm³/mol. The summed E-state index contributed by atoms with van der Waals surface area (Å²) in [7, 11) is -4.61. The Morgan fingerprint density at radius 1 is 0.583 bits per heavy atom. The van der Waals surface area contributed by atoms with Crippen LogP contribution < -0.4 is 0 Å². The molecule has 2 unspecified atom stereocenters. The Balaban J connectivity index is 2.50. The van der Waals surface area contributed by atoms with Gasteiger partial charge in [0, 0.05) is 12.8 Å². The number of aliphatic hydroxyl groups excluding tert-OH is 3. The number of hydrogen-bond acceptors (Lipinski definition) is 11. The first-order valence-electron chi connectivity index (χ1n) is 22.5. The molecule has 0 saturated carbocycles. The second kappa shape index (κ2) is 36.7. The van der Waals surface area contributed by atoms with Crippen LogP contribution in [0.3, 0.4) is 0 Å². The second-order valence-corrected chi connectivity index (χ2v) is 16.8. The third-order valence-electron chi connectivity index (χ3n) is 9.77. The van der Waals surface area contributed by atoms with E-state index in [1.165, 1.54) is 44.9 Å². The lowest BCUT2D eigenvalue weighted by Crippen LogP contribution is -2.60. The van der Waals surface area contributed by atoms with Gasteiger partial charge in [0.25, 0.3) is 10.1 Å². The van der Waals surface area contributed by atoms with Gasteiger partial charge in [-0.2, -0.15) is 8.42 Å². The van der Waals surface area contributed by atoms with Gasteiger partial charge in [-0.15, -0.1) is 0 Å². The molecule has 344 valence electrons. The van der Waals surface area contributed by atoms with E-state index >= 15 is 0 Å². The van der Waals surface area contributed by atoms with Crippen molar-refractivity contribution in [2.45, 2.75) is 192 Å². The van der Waals surface area contributed by atoms with Crippen molar-refractivity contribution < 1.29 is 56.8 Å². The summed E-state index contributed by atoms with van der Waals surface area (Å²) in [6.07, 6.45) is 36.6. The van der Waals surface area contributed by atoms with Gasteiger partial charge in [0.1, 0.15) is 36.8 Å². The third-order valence-corrected chi connectivity index (χ3v) is 10.5. The summed E-state index contributed by atoms with van der Waals surface area (Å²) in [5, 5.41) is 30.9. The smallest absolute Gasteiger partial charge is 0.306 e. The number of aliphatic hydroxyl groups is 3. The highest BCUT2D eigenvalue weighted by atomic mass is 32.2. The molecule has 0 spiro atoms. The van der Waals surface area contributed by atoms with Crippen molar-refractivity contribution in [3.63, 3.8) is 0 Å². The van der Waals surface area contributed by atoms with Crippen LogP contribution in [0.1, 0.15) is 155 Å². The fourth-order valence-corrected chi connectivity index (χ4v) is 6.97. The van der Waals surface area contributed by atoms with Crippen LogP contribution in [0.5, 0.6) is 0 Å². The van der Waals surface area contributed by atoms with E-state index in [-0.39, 0.29) is 19.4 Å². The first kappa shape index (κ1) is 55.1. The zero-order valence-corrected chi connectivity index (χ0v) is 37.3. The summed E-state index contributed by atoms with van der Waals surface area (Å²) in [6.45, 7) is 3.55. The molecule has 1 aliphatic rings. The standard InChI is InChI=1S/C47H78O12S/c1-3-5-7-9-11-13-15-17-19-20-22-23-25-27-29-31-33-35-42(48)56-37-40(38-57-47-46(52)45(51)44(50)41(59-47)39-60(53,54)55)58-43(49)36-34-32-30-28-26-24-21-18-16-14-12-10-8-6-4-2/h5,7,10-13,17,19,22-23,27,29,40-41,44-47,50-52H,3-4,6,8-9,14-16,18,20-21,24-26,28,30-39H2,1-2H3,(H,53,54,55)/b7-5+,12-10+,13-11+,19-17+,23-22+,29-27+/t40-,41-,44-,45?,46?,47+/m1/s1. The molecule has 1 saturated heterocycles. The number of allylic oxidation sites excluding steroid dienone is 12. The van der Waals surface area contributed by atoms with Crippen molar-refractivity contribution in [3.8, 4) is 0 Å².